The van der Waals surface area contributed by atoms with Gasteiger partial charge in [0.1, 0.15) is 6.04 Å². The van der Waals surface area contributed by atoms with Crippen molar-refractivity contribution in [1.29, 1.82) is 0 Å². The van der Waals surface area contributed by atoms with Crippen molar-refractivity contribution in [1.82, 2.24) is 5.32 Å². The largest absolute Gasteiger partial charge is 0.480 e. The van der Waals surface area contributed by atoms with E-state index >= 15 is 0 Å². The molecule has 0 saturated carbocycles. The summed E-state index contributed by atoms with van der Waals surface area (Å²) in [6.07, 6.45) is 1.51. The van der Waals surface area contributed by atoms with Crippen LogP contribution in [0.2, 0.25) is 0 Å². The van der Waals surface area contributed by atoms with Gasteiger partial charge >= 0.3 is 13.6 Å². The number of nitrogens with two attached hydrogens (primary N) is 2. The molecule has 0 radical (unpaired) electrons. The predicted octanol–water partition coefficient (Wildman–Crippen LogP) is 0.697. The Morgan fingerprint density at radius 2 is 1.86 bits per heavy atom. The standard InChI is InChI=1S/C12H27N4O5P/c1-3-20-22(19,21-4-2)9-16-10(11(17)18)7-5-6-8-15-12(13)14/h10,16H,3-9H2,1-2H3,(H,17,18)(H4,13,14,15)/t10-/m0/s1. The Bertz CT molecular complexity index is 391. The lowest BCUT2D eigenvalue weighted by Crippen LogP contribution is -2.37. The summed E-state index contributed by atoms with van der Waals surface area (Å²) >= 11 is 0. The van der Waals surface area contributed by atoms with E-state index in [1.807, 2.05) is 0 Å². The van der Waals surface area contributed by atoms with Gasteiger partial charge in [-0.25, -0.2) is 0 Å². The van der Waals surface area contributed by atoms with Gasteiger partial charge < -0.3 is 25.6 Å². The Hall–Kier alpha value is -1.15. The molecule has 0 bridgehead atoms. The Balaban J connectivity index is 4.31. The zero-order valence-electron chi connectivity index (χ0n) is 13.2. The van der Waals surface area contributed by atoms with Gasteiger partial charge in [-0.1, -0.05) is 0 Å². The highest BCUT2D eigenvalue weighted by Crippen LogP contribution is 2.46. The summed E-state index contributed by atoms with van der Waals surface area (Å²) in [5.41, 5.74) is 10.4. The number of carboxylic acids is 1. The summed E-state index contributed by atoms with van der Waals surface area (Å²) in [4.78, 5) is 15.0. The zero-order valence-corrected chi connectivity index (χ0v) is 14.1. The number of aliphatic carboxylic acids is 1. The minimum absolute atomic E-state index is 0.0160. The zero-order chi connectivity index (χ0) is 17.0. The Morgan fingerprint density at radius 1 is 1.27 bits per heavy atom. The highest BCUT2D eigenvalue weighted by Gasteiger charge is 2.26. The molecule has 0 spiro atoms. The number of nitrogens with one attached hydrogen (secondary N) is 1. The van der Waals surface area contributed by atoms with E-state index in [9.17, 15) is 14.5 Å². The molecular weight excluding hydrogens is 311 g/mol. The lowest BCUT2D eigenvalue weighted by atomic mass is 10.1. The fourth-order valence-electron chi connectivity index (χ4n) is 1.73. The van der Waals surface area contributed by atoms with Gasteiger partial charge in [0.15, 0.2) is 5.96 Å². The summed E-state index contributed by atoms with van der Waals surface area (Å²) in [5.74, 6) is -0.997. The molecule has 1 atom stereocenters. The van der Waals surface area contributed by atoms with E-state index in [2.05, 4.69) is 10.3 Å². The van der Waals surface area contributed by atoms with E-state index in [0.717, 1.165) is 0 Å². The fourth-order valence-corrected chi connectivity index (χ4v) is 3.21. The number of hydrogen-bond donors (Lipinski definition) is 4. The molecule has 0 amide bonds. The van der Waals surface area contributed by atoms with Crippen molar-refractivity contribution in [3.05, 3.63) is 0 Å². The SMILES string of the molecule is CCOP(=O)(CN[C@@H](CCCCN=C(N)N)C(=O)O)OCC. The van der Waals surface area contributed by atoms with Crippen LogP contribution in [-0.2, 0) is 18.4 Å². The number of unbranched alkanes of at least 4 members (excludes halogenated alkanes) is 1. The molecule has 0 unspecified atom stereocenters. The third kappa shape index (κ3) is 9.73. The third-order valence-corrected chi connectivity index (χ3v) is 4.55. The summed E-state index contributed by atoms with van der Waals surface area (Å²) in [5, 5.41) is 11.9. The van der Waals surface area contributed by atoms with Crippen LogP contribution in [0, 0.1) is 0 Å². The van der Waals surface area contributed by atoms with Crippen molar-refractivity contribution in [2.75, 3.05) is 26.0 Å². The summed E-state index contributed by atoms with van der Waals surface area (Å²) < 4.78 is 22.4. The number of nitrogens with zero attached hydrogens (tertiary/aromatic N) is 1. The fraction of sp³-hybridized carbons (Fsp3) is 0.833. The van der Waals surface area contributed by atoms with Crippen molar-refractivity contribution in [2.45, 2.75) is 39.2 Å². The summed E-state index contributed by atoms with van der Waals surface area (Å²) in [6, 6.07) is -0.826. The molecule has 0 aliphatic heterocycles. The molecule has 0 aromatic carbocycles. The molecule has 130 valence electrons. The minimum Gasteiger partial charge on any atom is -0.480 e. The minimum atomic E-state index is -3.30. The topological polar surface area (TPSA) is 149 Å². The molecule has 9 nitrogen and oxygen atoms in total. The van der Waals surface area contributed by atoms with Crippen molar-refractivity contribution in [3.63, 3.8) is 0 Å². The second kappa shape index (κ2) is 11.4. The number of rotatable bonds is 13. The molecule has 0 aromatic rings. The van der Waals surface area contributed by atoms with Crippen LogP contribution in [-0.4, -0.2) is 49.1 Å². The maximum Gasteiger partial charge on any atom is 0.344 e. The van der Waals surface area contributed by atoms with E-state index < -0.39 is 19.6 Å². The Labute approximate surface area is 131 Å². The second-order valence-corrected chi connectivity index (χ2v) is 6.56. The first kappa shape index (κ1) is 20.9. The maximum absolute atomic E-state index is 12.2. The van der Waals surface area contributed by atoms with Crippen LogP contribution in [0.25, 0.3) is 0 Å². The molecule has 0 aliphatic carbocycles. The summed E-state index contributed by atoms with van der Waals surface area (Å²) in [7, 11) is -3.30. The van der Waals surface area contributed by atoms with Crippen LogP contribution in [0.1, 0.15) is 33.1 Å². The highest BCUT2D eigenvalue weighted by molar-refractivity contribution is 7.53. The van der Waals surface area contributed by atoms with Gasteiger partial charge in [0.05, 0.1) is 19.5 Å². The Morgan fingerprint density at radius 3 is 2.32 bits per heavy atom. The van der Waals surface area contributed by atoms with Gasteiger partial charge in [0.25, 0.3) is 0 Å². The van der Waals surface area contributed by atoms with Gasteiger partial charge in [-0.3, -0.25) is 19.7 Å². The number of guanidine groups is 1. The van der Waals surface area contributed by atoms with E-state index in [4.69, 9.17) is 20.5 Å². The quantitative estimate of drug-likeness (QED) is 0.166. The van der Waals surface area contributed by atoms with Gasteiger partial charge in [0.2, 0.25) is 0 Å². The third-order valence-electron chi connectivity index (χ3n) is 2.68. The lowest BCUT2D eigenvalue weighted by Gasteiger charge is -2.20. The molecule has 0 saturated heterocycles. The van der Waals surface area contributed by atoms with E-state index in [0.29, 0.717) is 25.8 Å². The van der Waals surface area contributed by atoms with Crippen LogP contribution in [0.15, 0.2) is 4.99 Å². The Kier molecular flexibility index (Phi) is 10.8. The van der Waals surface area contributed by atoms with Crippen molar-refractivity contribution in [2.24, 2.45) is 16.5 Å². The first-order valence-corrected chi connectivity index (χ1v) is 8.97. The lowest BCUT2D eigenvalue weighted by molar-refractivity contribution is -0.139. The monoisotopic (exact) mass is 338 g/mol. The van der Waals surface area contributed by atoms with E-state index in [1.54, 1.807) is 13.8 Å². The first-order valence-electron chi connectivity index (χ1n) is 7.24. The van der Waals surface area contributed by atoms with Crippen LogP contribution >= 0.6 is 7.60 Å². The molecular formula is C12H27N4O5P. The number of carbonyl (C=O) groups is 1. The first-order chi connectivity index (χ1) is 10.3. The molecule has 22 heavy (non-hydrogen) atoms. The normalized spacial score (nSPS) is 12.8. The van der Waals surface area contributed by atoms with Gasteiger partial charge in [-0.05, 0) is 33.1 Å². The molecule has 0 heterocycles. The van der Waals surface area contributed by atoms with Gasteiger partial charge in [-0.15, -0.1) is 0 Å². The van der Waals surface area contributed by atoms with Crippen molar-refractivity contribution >= 4 is 19.5 Å². The van der Waals surface area contributed by atoms with Crippen LogP contribution < -0.4 is 16.8 Å². The average molecular weight is 338 g/mol. The average Bonchev–Trinajstić information content (AvgIpc) is 2.41. The second-order valence-electron chi connectivity index (χ2n) is 4.50. The number of aliphatic imine (C=N–C) groups is 1. The van der Waals surface area contributed by atoms with Gasteiger partial charge in [0, 0.05) is 6.54 Å². The molecule has 0 aliphatic rings. The number of hydrogen-bond acceptors (Lipinski definition) is 6. The van der Waals surface area contributed by atoms with E-state index in [1.165, 1.54) is 0 Å². The van der Waals surface area contributed by atoms with Crippen LogP contribution in [0.4, 0.5) is 0 Å². The summed E-state index contributed by atoms with van der Waals surface area (Å²) in [6.45, 7) is 4.31. The smallest absolute Gasteiger partial charge is 0.344 e. The highest BCUT2D eigenvalue weighted by atomic mass is 31.2. The van der Waals surface area contributed by atoms with Crippen molar-refractivity contribution in [3.8, 4) is 0 Å². The molecule has 10 heteroatoms. The predicted molar refractivity (Wildman–Crippen MR) is 84.8 cm³/mol. The molecule has 0 fully saturated rings. The van der Waals surface area contributed by atoms with Crippen molar-refractivity contribution < 1.29 is 23.5 Å². The molecule has 0 rings (SSSR count). The number of carboxylic acid groups (broad SMARTS) is 1. The molecule has 0 aromatic heterocycles. The maximum atomic E-state index is 12.2. The van der Waals surface area contributed by atoms with Gasteiger partial charge in [-0.2, -0.15) is 0 Å². The van der Waals surface area contributed by atoms with Crippen LogP contribution in [0.3, 0.4) is 0 Å². The van der Waals surface area contributed by atoms with E-state index in [-0.39, 0.29) is 25.5 Å². The molecule has 6 N–H and O–H groups in total. The van der Waals surface area contributed by atoms with Crippen LogP contribution in [0.5, 0.6) is 0 Å².